The molecule has 1 fully saturated rings. The van der Waals surface area contributed by atoms with E-state index in [1.54, 1.807) is 0 Å². The minimum absolute atomic E-state index is 0. The van der Waals surface area contributed by atoms with Gasteiger partial charge in [0.25, 0.3) is 0 Å². The lowest BCUT2D eigenvalue weighted by Gasteiger charge is -2.03. The van der Waals surface area contributed by atoms with Crippen LogP contribution in [0.5, 0.6) is 0 Å². The summed E-state index contributed by atoms with van der Waals surface area (Å²) in [5, 5.41) is 0. The van der Waals surface area contributed by atoms with Crippen molar-refractivity contribution in [2.75, 3.05) is 0 Å². The van der Waals surface area contributed by atoms with Gasteiger partial charge in [-0.05, 0) is 18.8 Å². The van der Waals surface area contributed by atoms with Gasteiger partial charge >= 0.3 is 0 Å². The van der Waals surface area contributed by atoms with E-state index in [0.29, 0.717) is 6.54 Å². The van der Waals surface area contributed by atoms with E-state index in [1.165, 1.54) is 12.8 Å². The van der Waals surface area contributed by atoms with Crippen molar-refractivity contribution in [3.05, 3.63) is 18.2 Å². The molecule has 1 aromatic rings. The third kappa shape index (κ3) is 3.18. The topological polar surface area (TPSA) is 43.8 Å². The molecule has 0 spiro atoms. The van der Waals surface area contributed by atoms with Crippen molar-refractivity contribution in [2.24, 2.45) is 11.7 Å². The molecule has 3 nitrogen and oxygen atoms in total. The van der Waals surface area contributed by atoms with Crippen molar-refractivity contribution in [2.45, 2.75) is 25.9 Å². The zero-order valence-corrected chi connectivity index (χ0v) is 8.98. The summed E-state index contributed by atoms with van der Waals surface area (Å²) < 4.78 is 2.16. The number of hydrogen-bond donors (Lipinski definition) is 1. The van der Waals surface area contributed by atoms with Crippen LogP contribution in [0.4, 0.5) is 0 Å². The van der Waals surface area contributed by atoms with Gasteiger partial charge in [-0.3, -0.25) is 0 Å². The Bertz CT molecular complexity index is 245. The van der Waals surface area contributed by atoms with Gasteiger partial charge < -0.3 is 10.3 Å². The predicted molar refractivity (Wildman–Crippen MR) is 57.3 cm³/mol. The number of nitrogens with zero attached hydrogens (tertiary/aromatic N) is 2. The Hall–Kier alpha value is -0.250. The number of rotatable bonds is 3. The summed E-state index contributed by atoms with van der Waals surface area (Å²) in [4.78, 5) is 4.15. The first-order valence-corrected chi connectivity index (χ1v) is 4.10. The lowest BCUT2D eigenvalue weighted by Crippen LogP contribution is -2.08. The molecule has 5 heteroatoms. The highest BCUT2D eigenvalue weighted by atomic mass is 35.5. The van der Waals surface area contributed by atoms with Crippen LogP contribution < -0.4 is 5.73 Å². The van der Waals surface area contributed by atoms with Crippen molar-refractivity contribution in [3.8, 4) is 0 Å². The maximum absolute atomic E-state index is 5.51. The Kier molecular flexibility index (Phi) is 5.37. The van der Waals surface area contributed by atoms with Crippen molar-refractivity contribution in [1.82, 2.24) is 9.55 Å². The van der Waals surface area contributed by atoms with Crippen LogP contribution in [0.15, 0.2) is 12.4 Å². The van der Waals surface area contributed by atoms with Crippen molar-refractivity contribution in [3.63, 3.8) is 0 Å². The van der Waals surface area contributed by atoms with E-state index in [-0.39, 0.29) is 24.8 Å². The summed E-state index contributed by atoms with van der Waals surface area (Å²) in [5.41, 5.74) is 5.51. The number of imidazole rings is 1. The molecule has 1 aliphatic carbocycles. The Morgan fingerprint density at radius 1 is 1.46 bits per heavy atom. The number of nitrogens with two attached hydrogens (primary N) is 1. The van der Waals surface area contributed by atoms with Crippen LogP contribution in [0.25, 0.3) is 0 Å². The molecule has 1 saturated carbocycles. The maximum atomic E-state index is 5.51. The summed E-state index contributed by atoms with van der Waals surface area (Å²) >= 11 is 0. The standard InChI is InChI=1S/C8H13N3.2ClH/c9-5-8-10-3-4-11(8)6-7-1-2-7;;/h3-4,7H,1-2,5-6,9H2;2*1H. The molecule has 0 unspecified atom stereocenters. The second-order valence-corrected chi connectivity index (χ2v) is 3.14. The lowest BCUT2D eigenvalue weighted by molar-refractivity contribution is 0.596. The molecule has 0 bridgehead atoms. The fourth-order valence-corrected chi connectivity index (χ4v) is 1.27. The smallest absolute Gasteiger partial charge is 0.122 e. The van der Waals surface area contributed by atoms with Gasteiger partial charge in [0.15, 0.2) is 0 Å². The molecule has 0 aromatic carbocycles. The Labute approximate surface area is 90.5 Å². The molecule has 0 atom stereocenters. The minimum atomic E-state index is 0. The predicted octanol–water partition coefficient (Wildman–Crippen LogP) is 1.60. The molecule has 0 saturated heterocycles. The molecular weight excluding hydrogens is 209 g/mol. The molecule has 76 valence electrons. The van der Waals surface area contributed by atoms with Gasteiger partial charge in [-0.2, -0.15) is 0 Å². The van der Waals surface area contributed by atoms with E-state index < -0.39 is 0 Å². The summed E-state index contributed by atoms with van der Waals surface area (Å²) in [6, 6.07) is 0. The highest BCUT2D eigenvalue weighted by Crippen LogP contribution is 2.30. The molecule has 0 amide bonds. The number of hydrogen-bond acceptors (Lipinski definition) is 2. The Balaban J connectivity index is 0.000000720. The molecule has 1 aromatic heterocycles. The fourth-order valence-electron chi connectivity index (χ4n) is 1.27. The summed E-state index contributed by atoms with van der Waals surface area (Å²) in [7, 11) is 0. The largest absolute Gasteiger partial charge is 0.334 e. The molecule has 2 N–H and O–H groups in total. The van der Waals surface area contributed by atoms with Crippen LogP contribution in [0, 0.1) is 5.92 Å². The second-order valence-electron chi connectivity index (χ2n) is 3.14. The van der Waals surface area contributed by atoms with Crippen molar-refractivity contribution < 1.29 is 0 Å². The van der Waals surface area contributed by atoms with Crippen LogP contribution in [0.1, 0.15) is 18.7 Å². The van der Waals surface area contributed by atoms with E-state index in [4.69, 9.17) is 5.73 Å². The first kappa shape index (κ1) is 12.8. The molecule has 0 radical (unpaired) electrons. The third-order valence-electron chi connectivity index (χ3n) is 2.14. The van der Waals surface area contributed by atoms with E-state index in [0.717, 1.165) is 18.3 Å². The van der Waals surface area contributed by atoms with Gasteiger partial charge in [0.2, 0.25) is 0 Å². The molecule has 1 heterocycles. The van der Waals surface area contributed by atoms with Crippen LogP contribution >= 0.6 is 24.8 Å². The van der Waals surface area contributed by atoms with Crippen LogP contribution in [-0.2, 0) is 13.1 Å². The Morgan fingerprint density at radius 3 is 2.69 bits per heavy atom. The molecule has 1 aliphatic rings. The average molecular weight is 224 g/mol. The monoisotopic (exact) mass is 223 g/mol. The molecule has 0 aliphatic heterocycles. The molecule has 13 heavy (non-hydrogen) atoms. The van der Waals surface area contributed by atoms with E-state index in [2.05, 4.69) is 9.55 Å². The fraction of sp³-hybridized carbons (Fsp3) is 0.625. The molecular formula is C8H15Cl2N3. The lowest BCUT2D eigenvalue weighted by atomic mass is 10.4. The van der Waals surface area contributed by atoms with Crippen LogP contribution in [0.2, 0.25) is 0 Å². The van der Waals surface area contributed by atoms with Gasteiger partial charge in [0.1, 0.15) is 5.82 Å². The summed E-state index contributed by atoms with van der Waals surface area (Å²) in [6.07, 6.45) is 6.59. The number of aromatic nitrogens is 2. The highest BCUT2D eigenvalue weighted by molar-refractivity contribution is 5.85. The van der Waals surface area contributed by atoms with Gasteiger partial charge in [-0.1, -0.05) is 0 Å². The second kappa shape index (κ2) is 5.47. The van der Waals surface area contributed by atoms with Crippen molar-refractivity contribution >= 4 is 24.8 Å². The third-order valence-corrected chi connectivity index (χ3v) is 2.14. The SMILES string of the molecule is Cl.Cl.NCc1nccn1CC1CC1. The van der Waals surface area contributed by atoms with Gasteiger partial charge in [0, 0.05) is 18.9 Å². The zero-order chi connectivity index (χ0) is 7.68. The van der Waals surface area contributed by atoms with E-state index in [1.807, 2.05) is 12.4 Å². The first-order chi connectivity index (χ1) is 5.40. The minimum Gasteiger partial charge on any atom is -0.334 e. The molecule has 2 rings (SSSR count). The van der Waals surface area contributed by atoms with E-state index >= 15 is 0 Å². The van der Waals surface area contributed by atoms with Crippen molar-refractivity contribution in [1.29, 1.82) is 0 Å². The summed E-state index contributed by atoms with van der Waals surface area (Å²) in [6.45, 7) is 1.67. The quantitative estimate of drug-likeness (QED) is 0.847. The average Bonchev–Trinajstić information content (AvgIpc) is 2.68. The zero-order valence-electron chi connectivity index (χ0n) is 7.35. The van der Waals surface area contributed by atoms with Crippen LogP contribution in [-0.4, -0.2) is 9.55 Å². The summed E-state index contributed by atoms with van der Waals surface area (Å²) in [5.74, 6) is 1.91. The maximum Gasteiger partial charge on any atom is 0.122 e. The van der Waals surface area contributed by atoms with Gasteiger partial charge in [-0.15, -0.1) is 24.8 Å². The van der Waals surface area contributed by atoms with Crippen LogP contribution in [0.3, 0.4) is 0 Å². The Morgan fingerprint density at radius 2 is 2.15 bits per heavy atom. The first-order valence-electron chi connectivity index (χ1n) is 4.10. The van der Waals surface area contributed by atoms with Gasteiger partial charge in [-0.25, -0.2) is 4.98 Å². The van der Waals surface area contributed by atoms with E-state index in [9.17, 15) is 0 Å². The van der Waals surface area contributed by atoms with Gasteiger partial charge in [0.05, 0.1) is 6.54 Å². The normalized spacial score (nSPS) is 14.5. The highest BCUT2D eigenvalue weighted by Gasteiger charge is 2.22. The number of halogens is 2.